The summed E-state index contributed by atoms with van der Waals surface area (Å²) in [7, 11) is 0. The first-order chi connectivity index (χ1) is 21.8. The van der Waals surface area contributed by atoms with E-state index in [0.717, 1.165) is 22.3 Å². The van der Waals surface area contributed by atoms with Gasteiger partial charge in [0.2, 0.25) is 0 Å². The molecule has 8 aromatic rings. The van der Waals surface area contributed by atoms with Gasteiger partial charge in [-0.3, -0.25) is 15.0 Å². The van der Waals surface area contributed by atoms with Gasteiger partial charge in [0.25, 0.3) is 0 Å². The lowest BCUT2D eigenvalue weighted by Gasteiger charge is -2.19. The van der Waals surface area contributed by atoms with Gasteiger partial charge in [0, 0.05) is 48.3 Å². The Kier molecular flexibility index (Phi) is 6.47. The zero-order chi connectivity index (χ0) is 29.3. The molecule has 0 N–H and O–H groups in total. The lowest BCUT2D eigenvalue weighted by Crippen LogP contribution is -1.93. The number of fused-ring (bicyclic) bond motifs is 2. The summed E-state index contributed by atoms with van der Waals surface area (Å²) in [6, 6.07) is 45.5. The summed E-state index contributed by atoms with van der Waals surface area (Å²) in [5.74, 6) is 0. The molecule has 0 amide bonds. The van der Waals surface area contributed by atoms with E-state index in [-0.39, 0.29) is 0 Å². The van der Waals surface area contributed by atoms with Gasteiger partial charge in [0.15, 0.2) is 0 Å². The minimum absolute atomic E-state index is 1.07. The van der Waals surface area contributed by atoms with Gasteiger partial charge < -0.3 is 0 Å². The maximum Gasteiger partial charge on any atom is 0.0347 e. The van der Waals surface area contributed by atoms with Crippen LogP contribution in [0.15, 0.2) is 165 Å². The van der Waals surface area contributed by atoms with Crippen LogP contribution in [-0.2, 0) is 0 Å². The number of rotatable bonds is 5. The van der Waals surface area contributed by atoms with Gasteiger partial charge in [0.05, 0.1) is 0 Å². The molecule has 206 valence electrons. The van der Waals surface area contributed by atoms with Crippen LogP contribution in [0.4, 0.5) is 0 Å². The fourth-order valence-electron chi connectivity index (χ4n) is 6.29. The van der Waals surface area contributed by atoms with Crippen molar-refractivity contribution in [1.29, 1.82) is 0 Å². The fraction of sp³-hybridized carbons (Fsp3) is 0. The largest absolute Gasteiger partial charge is 0.265 e. The van der Waals surface area contributed by atoms with Crippen molar-refractivity contribution in [3.63, 3.8) is 0 Å². The lowest BCUT2D eigenvalue weighted by molar-refractivity contribution is 1.30. The maximum absolute atomic E-state index is 4.73. The van der Waals surface area contributed by atoms with E-state index in [1.165, 1.54) is 54.9 Å². The third-order valence-electron chi connectivity index (χ3n) is 8.34. The summed E-state index contributed by atoms with van der Waals surface area (Å²) >= 11 is 0. The first kappa shape index (κ1) is 25.8. The van der Waals surface area contributed by atoms with Gasteiger partial charge in [0.1, 0.15) is 0 Å². The third kappa shape index (κ3) is 4.61. The van der Waals surface area contributed by atoms with Crippen LogP contribution in [-0.4, -0.2) is 15.0 Å². The highest BCUT2D eigenvalue weighted by molar-refractivity contribution is 6.22. The Morgan fingerprint density at radius 1 is 0.273 bits per heavy atom. The van der Waals surface area contributed by atoms with E-state index < -0.39 is 0 Å². The summed E-state index contributed by atoms with van der Waals surface area (Å²) in [6.45, 7) is 0. The predicted molar refractivity (Wildman–Crippen MR) is 182 cm³/mol. The lowest BCUT2D eigenvalue weighted by atomic mass is 9.84. The van der Waals surface area contributed by atoms with Gasteiger partial charge in [-0.25, -0.2) is 0 Å². The highest BCUT2D eigenvalue weighted by Crippen LogP contribution is 2.45. The molecule has 0 bridgehead atoms. The van der Waals surface area contributed by atoms with Gasteiger partial charge in [-0.2, -0.15) is 0 Å². The minimum atomic E-state index is 1.07. The molecule has 0 aliphatic rings. The fourth-order valence-corrected chi connectivity index (χ4v) is 6.29. The topological polar surface area (TPSA) is 38.7 Å². The van der Waals surface area contributed by atoms with E-state index in [1.54, 1.807) is 0 Å². The van der Waals surface area contributed by atoms with E-state index in [9.17, 15) is 0 Å². The highest BCUT2D eigenvalue weighted by atomic mass is 14.6. The van der Waals surface area contributed by atoms with E-state index in [0.29, 0.717) is 0 Å². The molecule has 0 spiro atoms. The van der Waals surface area contributed by atoms with E-state index in [2.05, 4.69) is 125 Å². The molecular formula is C41H27N3. The SMILES string of the molecule is c1ccc(-c2ccc3c(-c4cccc(-c5ccncc5)c4)c4ccccc4c(-c4cncc(-c5ccncc5)c4)c3c2)cc1. The smallest absolute Gasteiger partial charge is 0.0347 e. The zero-order valence-corrected chi connectivity index (χ0v) is 23.9. The summed E-state index contributed by atoms with van der Waals surface area (Å²) in [5.41, 5.74) is 11.5. The Balaban J connectivity index is 1.45. The molecule has 0 aliphatic heterocycles. The molecule has 3 heterocycles. The van der Waals surface area contributed by atoms with E-state index in [1.807, 2.05) is 49.3 Å². The van der Waals surface area contributed by atoms with Gasteiger partial charge >= 0.3 is 0 Å². The molecule has 8 rings (SSSR count). The van der Waals surface area contributed by atoms with Crippen molar-refractivity contribution in [2.45, 2.75) is 0 Å². The Bertz CT molecular complexity index is 2260. The van der Waals surface area contributed by atoms with Gasteiger partial charge in [-0.05, 0) is 109 Å². The summed E-state index contributed by atoms with van der Waals surface area (Å²) in [5, 5.41) is 4.81. The molecule has 3 heteroatoms. The Morgan fingerprint density at radius 2 is 0.773 bits per heavy atom. The molecule has 0 fully saturated rings. The molecule has 0 saturated carbocycles. The molecule has 3 nitrogen and oxygen atoms in total. The average molecular weight is 562 g/mol. The molecule has 3 aromatic heterocycles. The van der Waals surface area contributed by atoms with Crippen molar-refractivity contribution in [2.75, 3.05) is 0 Å². The summed E-state index contributed by atoms with van der Waals surface area (Å²) in [4.78, 5) is 13.2. The Morgan fingerprint density at radius 3 is 1.50 bits per heavy atom. The van der Waals surface area contributed by atoms with Crippen LogP contribution in [0.3, 0.4) is 0 Å². The van der Waals surface area contributed by atoms with Crippen LogP contribution < -0.4 is 0 Å². The molecule has 0 aliphatic carbocycles. The monoisotopic (exact) mass is 561 g/mol. The predicted octanol–water partition coefficient (Wildman–Crippen LogP) is 10.5. The Labute approximate surface area is 256 Å². The molecule has 0 atom stereocenters. The number of hydrogen-bond acceptors (Lipinski definition) is 3. The van der Waals surface area contributed by atoms with Crippen molar-refractivity contribution in [3.8, 4) is 55.6 Å². The van der Waals surface area contributed by atoms with Gasteiger partial charge in [-0.1, -0.05) is 84.9 Å². The van der Waals surface area contributed by atoms with Crippen molar-refractivity contribution in [1.82, 2.24) is 15.0 Å². The second kappa shape index (κ2) is 11.0. The number of hydrogen-bond donors (Lipinski definition) is 0. The summed E-state index contributed by atoms with van der Waals surface area (Å²) < 4.78 is 0. The van der Waals surface area contributed by atoms with E-state index >= 15 is 0 Å². The van der Waals surface area contributed by atoms with Crippen LogP contribution in [0.25, 0.3) is 77.2 Å². The summed E-state index contributed by atoms with van der Waals surface area (Å²) in [6.07, 6.45) is 11.3. The molecule has 5 aromatic carbocycles. The molecule has 0 saturated heterocycles. The molecular weight excluding hydrogens is 534 g/mol. The quantitative estimate of drug-likeness (QED) is 0.196. The second-order valence-corrected chi connectivity index (χ2v) is 10.9. The minimum Gasteiger partial charge on any atom is -0.265 e. The zero-order valence-electron chi connectivity index (χ0n) is 23.9. The molecule has 0 unspecified atom stereocenters. The van der Waals surface area contributed by atoms with E-state index in [4.69, 9.17) is 4.98 Å². The maximum atomic E-state index is 4.73. The number of benzene rings is 5. The van der Waals surface area contributed by atoms with Crippen molar-refractivity contribution < 1.29 is 0 Å². The third-order valence-corrected chi connectivity index (χ3v) is 8.34. The van der Waals surface area contributed by atoms with Crippen molar-refractivity contribution in [3.05, 3.63) is 165 Å². The molecule has 0 radical (unpaired) electrons. The van der Waals surface area contributed by atoms with Gasteiger partial charge in [-0.15, -0.1) is 0 Å². The van der Waals surface area contributed by atoms with Crippen molar-refractivity contribution in [2.24, 2.45) is 0 Å². The standard InChI is InChI=1S/C41H27N3/c1-2-7-28(8-3-1)32-13-14-38-39(25-32)41(35-24-34(26-44-27-35)30-17-21-43-22-18-30)37-12-5-4-11-36(37)40(38)33-10-6-9-31(23-33)29-15-19-42-20-16-29/h1-27H. The highest BCUT2D eigenvalue weighted by Gasteiger charge is 2.18. The second-order valence-electron chi connectivity index (χ2n) is 10.9. The van der Waals surface area contributed by atoms with Crippen LogP contribution in [0.2, 0.25) is 0 Å². The van der Waals surface area contributed by atoms with Crippen LogP contribution in [0, 0.1) is 0 Å². The Hall–Kier alpha value is -5.93. The first-order valence-electron chi connectivity index (χ1n) is 14.7. The average Bonchev–Trinajstić information content (AvgIpc) is 3.11. The number of pyridine rings is 3. The number of aromatic nitrogens is 3. The normalized spacial score (nSPS) is 11.2. The van der Waals surface area contributed by atoms with Crippen molar-refractivity contribution >= 4 is 21.5 Å². The first-order valence-corrected chi connectivity index (χ1v) is 14.7. The van der Waals surface area contributed by atoms with Crippen LogP contribution >= 0.6 is 0 Å². The van der Waals surface area contributed by atoms with Crippen LogP contribution in [0.1, 0.15) is 0 Å². The van der Waals surface area contributed by atoms with Crippen LogP contribution in [0.5, 0.6) is 0 Å². The molecule has 44 heavy (non-hydrogen) atoms. The number of nitrogens with zero attached hydrogens (tertiary/aromatic N) is 3.